The van der Waals surface area contributed by atoms with Crippen LogP contribution in [0.25, 0.3) is 0 Å². The van der Waals surface area contributed by atoms with E-state index in [1.807, 2.05) is 0 Å². The fourth-order valence-corrected chi connectivity index (χ4v) is 4.23. The molecule has 0 nitrogen and oxygen atoms in total. The third kappa shape index (κ3) is 2.67. The second-order valence-corrected chi connectivity index (χ2v) is 6.32. The minimum absolute atomic E-state index is 0.976. The van der Waals surface area contributed by atoms with Crippen molar-refractivity contribution in [3.8, 4) is 0 Å². The molecule has 0 N–H and O–H groups in total. The van der Waals surface area contributed by atoms with Gasteiger partial charge in [0, 0.05) is 0 Å². The predicted octanol–water partition coefficient (Wildman–Crippen LogP) is 5.40. The number of hydrogen-bond acceptors (Lipinski definition) is 0. The molecule has 3 fully saturated rings. The summed E-state index contributed by atoms with van der Waals surface area (Å²) >= 11 is 0. The van der Waals surface area contributed by atoms with Gasteiger partial charge in [0.05, 0.1) is 0 Å². The van der Waals surface area contributed by atoms with Gasteiger partial charge in [-0.25, -0.2) is 0 Å². The monoisotopic (exact) mass is 230 g/mol. The van der Waals surface area contributed by atoms with Crippen molar-refractivity contribution in [2.24, 2.45) is 11.8 Å². The standard InChI is InChI=1S/C17H26/c1-2-6-14(7-3-1)12-13-16-9-4-8-15-10-5-11-17(15)16/h12-13,15,17H,1-11H2/b16-13+. The molecule has 3 aliphatic rings. The van der Waals surface area contributed by atoms with Crippen LogP contribution in [0.15, 0.2) is 23.3 Å². The number of fused-ring (bicyclic) bond motifs is 1. The number of rotatable bonds is 1. The van der Waals surface area contributed by atoms with Crippen molar-refractivity contribution in [2.75, 3.05) is 0 Å². The molecule has 17 heavy (non-hydrogen) atoms. The quantitative estimate of drug-likeness (QED) is 0.565. The van der Waals surface area contributed by atoms with Crippen LogP contribution >= 0.6 is 0 Å². The SMILES string of the molecule is C(/C=C1\CCCC2CCCC12)=C1CCCCC1. The lowest BCUT2D eigenvalue weighted by Gasteiger charge is -2.28. The molecule has 0 radical (unpaired) electrons. The molecule has 0 aromatic heterocycles. The van der Waals surface area contributed by atoms with Crippen molar-refractivity contribution in [1.29, 1.82) is 0 Å². The molecule has 0 bridgehead atoms. The first-order chi connectivity index (χ1) is 8.43. The third-order valence-corrected chi connectivity index (χ3v) is 5.20. The molecule has 0 spiro atoms. The van der Waals surface area contributed by atoms with E-state index in [9.17, 15) is 0 Å². The molecule has 0 saturated heterocycles. The Bertz CT molecular complexity index is 313. The zero-order valence-corrected chi connectivity index (χ0v) is 11.1. The summed E-state index contributed by atoms with van der Waals surface area (Å²) in [6.07, 6.45) is 20.9. The van der Waals surface area contributed by atoms with Crippen LogP contribution in [0.1, 0.15) is 70.6 Å². The molecule has 3 saturated carbocycles. The van der Waals surface area contributed by atoms with Crippen LogP contribution in [0.2, 0.25) is 0 Å². The van der Waals surface area contributed by atoms with Crippen molar-refractivity contribution in [1.82, 2.24) is 0 Å². The smallest absolute Gasteiger partial charge is 0.0172 e. The van der Waals surface area contributed by atoms with E-state index < -0.39 is 0 Å². The van der Waals surface area contributed by atoms with E-state index in [1.165, 1.54) is 70.6 Å². The second kappa shape index (κ2) is 5.42. The highest BCUT2D eigenvalue weighted by Gasteiger charge is 2.32. The summed E-state index contributed by atoms with van der Waals surface area (Å²) in [7, 11) is 0. The van der Waals surface area contributed by atoms with Crippen LogP contribution in [0.4, 0.5) is 0 Å². The highest BCUT2D eigenvalue weighted by molar-refractivity contribution is 5.22. The highest BCUT2D eigenvalue weighted by Crippen LogP contribution is 2.45. The van der Waals surface area contributed by atoms with Gasteiger partial charge >= 0.3 is 0 Å². The summed E-state index contributed by atoms with van der Waals surface area (Å²) in [5, 5.41) is 0. The Kier molecular flexibility index (Phi) is 3.68. The average molecular weight is 230 g/mol. The van der Waals surface area contributed by atoms with Gasteiger partial charge in [-0.1, -0.05) is 36.1 Å². The summed E-state index contributed by atoms with van der Waals surface area (Å²) < 4.78 is 0. The van der Waals surface area contributed by atoms with Gasteiger partial charge in [0.25, 0.3) is 0 Å². The van der Waals surface area contributed by atoms with Crippen LogP contribution in [0, 0.1) is 11.8 Å². The molecular weight excluding hydrogens is 204 g/mol. The van der Waals surface area contributed by atoms with Crippen LogP contribution in [-0.2, 0) is 0 Å². The van der Waals surface area contributed by atoms with Crippen molar-refractivity contribution in [3.05, 3.63) is 23.3 Å². The van der Waals surface area contributed by atoms with Crippen LogP contribution in [0.3, 0.4) is 0 Å². The minimum Gasteiger partial charge on any atom is -0.0702 e. The van der Waals surface area contributed by atoms with E-state index in [-0.39, 0.29) is 0 Å². The lowest BCUT2D eigenvalue weighted by Crippen LogP contribution is -2.16. The van der Waals surface area contributed by atoms with Crippen LogP contribution < -0.4 is 0 Å². The molecule has 2 unspecified atom stereocenters. The molecule has 0 aliphatic heterocycles. The largest absolute Gasteiger partial charge is 0.0702 e. The van der Waals surface area contributed by atoms with Crippen molar-refractivity contribution >= 4 is 0 Å². The van der Waals surface area contributed by atoms with Gasteiger partial charge in [0.2, 0.25) is 0 Å². The fraction of sp³-hybridized carbons (Fsp3) is 0.765. The lowest BCUT2D eigenvalue weighted by molar-refractivity contribution is 0.349. The van der Waals surface area contributed by atoms with Gasteiger partial charge in [-0.2, -0.15) is 0 Å². The van der Waals surface area contributed by atoms with E-state index in [0.29, 0.717) is 0 Å². The van der Waals surface area contributed by atoms with Gasteiger partial charge in [-0.15, -0.1) is 0 Å². The van der Waals surface area contributed by atoms with Crippen molar-refractivity contribution in [2.45, 2.75) is 70.6 Å². The van der Waals surface area contributed by atoms with Gasteiger partial charge in [0.15, 0.2) is 0 Å². The maximum Gasteiger partial charge on any atom is -0.0172 e. The molecule has 0 heteroatoms. The Morgan fingerprint density at radius 3 is 2.41 bits per heavy atom. The van der Waals surface area contributed by atoms with E-state index in [4.69, 9.17) is 0 Å². The summed E-state index contributed by atoms with van der Waals surface area (Å²) in [6, 6.07) is 0. The molecule has 0 aromatic carbocycles. The minimum atomic E-state index is 0.976. The summed E-state index contributed by atoms with van der Waals surface area (Å²) in [5.41, 5.74) is 3.53. The highest BCUT2D eigenvalue weighted by atomic mass is 14.4. The average Bonchev–Trinajstić information content (AvgIpc) is 2.86. The normalized spacial score (nSPS) is 36.0. The Hall–Kier alpha value is -0.520. The summed E-state index contributed by atoms with van der Waals surface area (Å²) in [4.78, 5) is 0. The molecule has 0 aromatic rings. The van der Waals surface area contributed by atoms with Crippen molar-refractivity contribution in [3.63, 3.8) is 0 Å². The van der Waals surface area contributed by atoms with E-state index >= 15 is 0 Å². The Morgan fingerprint density at radius 1 is 0.706 bits per heavy atom. The second-order valence-electron chi connectivity index (χ2n) is 6.32. The molecule has 2 atom stereocenters. The van der Waals surface area contributed by atoms with E-state index in [0.717, 1.165) is 11.8 Å². The Labute approximate surface area is 106 Å². The number of hydrogen-bond donors (Lipinski definition) is 0. The molecule has 3 aliphatic carbocycles. The van der Waals surface area contributed by atoms with Gasteiger partial charge < -0.3 is 0 Å². The molecule has 94 valence electrons. The predicted molar refractivity (Wildman–Crippen MR) is 73.9 cm³/mol. The maximum absolute atomic E-state index is 2.53. The first-order valence-electron chi connectivity index (χ1n) is 7.82. The topological polar surface area (TPSA) is 0 Å². The zero-order valence-electron chi connectivity index (χ0n) is 11.1. The van der Waals surface area contributed by atoms with Gasteiger partial charge in [0.1, 0.15) is 0 Å². The van der Waals surface area contributed by atoms with Gasteiger partial charge in [-0.05, 0) is 69.6 Å². The maximum atomic E-state index is 2.53. The summed E-state index contributed by atoms with van der Waals surface area (Å²) in [5.74, 6) is 2.03. The zero-order chi connectivity index (χ0) is 11.5. The molecule has 3 rings (SSSR count). The molecular formula is C17H26. The number of allylic oxidation sites excluding steroid dienone is 4. The first kappa shape index (κ1) is 11.6. The lowest BCUT2D eigenvalue weighted by atomic mass is 9.77. The van der Waals surface area contributed by atoms with Crippen LogP contribution in [-0.4, -0.2) is 0 Å². The van der Waals surface area contributed by atoms with Gasteiger partial charge in [-0.3, -0.25) is 0 Å². The van der Waals surface area contributed by atoms with E-state index in [2.05, 4.69) is 12.2 Å². The Balaban J connectivity index is 1.69. The molecule has 0 amide bonds. The summed E-state index contributed by atoms with van der Waals surface area (Å²) in [6.45, 7) is 0. The Morgan fingerprint density at radius 2 is 1.53 bits per heavy atom. The first-order valence-corrected chi connectivity index (χ1v) is 7.82. The molecule has 0 heterocycles. The van der Waals surface area contributed by atoms with Crippen LogP contribution in [0.5, 0.6) is 0 Å². The van der Waals surface area contributed by atoms with Crippen molar-refractivity contribution < 1.29 is 0 Å². The van der Waals surface area contributed by atoms with E-state index in [1.54, 1.807) is 11.1 Å². The fourth-order valence-electron chi connectivity index (χ4n) is 4.23. The third-order valence-electron chi connectivity index (χ3n) is 5.20.